The van der Waals surface area contributed by atoms with Crippen molar-refractivity contribution >= 4 is 17.6 Å². The molecule has 2 heterocycles. The molecule has 1 fully saturated rings. The molecule has 0 spiro atoms. The Morgan fingerprint density at radius 3 is 2.71 bits per heavy atom. The number of hydrogen-bond acceptors (Lipinski definition) is 3. The van der Waals surface area contributed by atoms with Crippen LogP contribution in [0.5, 0.6) is 0 Å². The van der Waals surface area contributed by atoms with E-state index in [0.717, 1.165) is 30.8 Å². The smallest absolute Gasteiger partial charge is 0.321 e. The number of furan rings is 1. The van der Waals surface area contributed by atoms with Crippen molar-refractivity contribution in [2.75, 3.05) is 18.4 Å². The largest absolute Gasteiger partial charge is 0.465 e. The Hall–Kier alpha value is -2.83. The van der Waals surface area contributed by atoms with Crippen LogP contribution in [0.3, 0.4) is 0 Å². The van der Waals surface area contributed by atoms with E-state index >= 15 is 0 Å². The maximum atomic E-state index is 13.0. The Morgan fingerprint density at radius 1 is 1.21 bits per heavy atom. The number of rotatable bonds is 6. The fourth-order valence-corrected chi connectivity index (χ4v) is 3.41. The molecular weight excluding hydrogens is 361 g/mol. The lowest BCUT2D eigenvalue weighted by Gasteiger charge is -2.32. The second-order valence-corrected chi connectivity index (χ2v) is 7.22. The summed E-state index contributed by atoms with van der Waals surface area (Å²) in [6.45, 7) is 3.57. The van der Waals surface area contributed by atoms with Crippen LogP contribution in [0.1, 0.15) is 37.2 Å². The van der Waals surface area contributed by atoms with Crippen molar-refractivity contribution in [3.63, 3.8) is 0 Å². The first kappa shape index (κ1) is 19.9. The fraction of sp³-hybridized carbons (Fsp3) is 0.429. The molecule has 0 bridgehead atoms. The molecule has 3 amide bonds. The van der Waals surface area contributed by atoms with Crippen molar-refractivity contribution in [3.05, 3.63) is 53.7 Å². The van der Waals surface area contributed by atoms with E-state index in [-0.39, 0.29) is 17.8 Å². The fourth-order valence-electron chi connectivity index (χ4n) is 3.41. The molecule has 1 atom stereocenters. The van der Waals surface area contributed by atoms with Gasteiger partial charge in [-0.25, -0.2) is 9.18 Å². The van der Waals surface area contributed by atoms with Crippen LogP contribution in [-0.4, -0.2) is 29.9 Å². The number of carbonyl (C=O) groups is 2. The van der Waals surface area contributed by atoms with E-state index < -0.39 is 0 Å². The average molecular weight is 387 g/mol. The van der Waals surface area contributed by atoms with Gasteiger partial charge in [-0.2, -0.15) is 0 Å². The second-order valence-electron chi connectivity index (χ2n) is 7.22. The van der Waals surface area contributed by atoms with Crippen LogP contribution in [0.15, 0.2) is 40.8 Å². The molecule has 28 heavy (non-hydrogen) atoms. The summed E-state index contributed by atoms with van der Waals surface area (Å²) in [5.41, 5.74) is 0.570. The number of likely N-dealkylation sites (tertiary alicyclic amines) is 1. The van der Waals surface area contributed by atoms with E-state index in [0.29, 0.717) is 37.7 Å². The van der Waals surface area contributed by atoms with Crippen LogP contribution in [0.4, 0.5) is 14.9 Å². The third-order valence-electron chi connectivity index (χ3n) is 4.94. The van der Waals surface area contributed by atoms with Gasteiger partial charge in [-0.15, -0.1) is 0 Å². The van der Waals surface area contributed by atoms with E-state index in [9.17, 15) is 14.0 Å². The van der Waals surface area contributed by atoms with Gasteiger partial charge in [0.1, 0.15) is 17.3 Å². The maximum Gasteiger partial charge on any atom is 0.321 e. The molecule has 0 saturated carbocycles. The molecule has 6 nitrogen and oxygen atoms in total. The van der Waals surface area contributed by atoms with Gasteiger partial charge < -0.3 is 20.0 Å². The lowest BCUT2D eigenvalue weighted by molar-refractivity contribution is -0.121. The van der Waals surface area contributed by atoms with Crippen LogP contribution in [0.25, 0.3) is 0 Å². The first-order valence-electron chi connectivity index (χ1n) is 9.63. The molecule has 0 radical (unpaired) electrons. The Morgan fingerprint density at radius 2 is 2.00 bits per heavy atom. The highest BCUT2D eigenvalue weighted by Gasteiger charge is 2.24. The molecule has 1 aromatic heterocycles. The Balaban J connectivity index is 1.40. The van der Waals surface area contributed by atoms with Gasteiger partial charge in [0, 0.05) is 25.2 Å². The van der Waals surface area contributed by atoms with Crippen molar-refractivity contribution in [2.45, 2.75) is 39.2 Å². The molecule has 1 saturated heterocycles. The van der Waals surface area contributed by atoms with Crippen molar-refractivity contribution in [2.24, 2.45) is 5.92 Å². The molecular formula is C21H26FN3O3. The molecule has 0 aliphatic carbocycles. The number of anilines is 1. The standard InChI is InChI=1S/C21H26FN3O3/c1-15-4-10-19(28-15)13-23-20(26)11-5-16-3-2-12-25(14-16)21(27)24-18-8-6-17(22)7-9-18/h4,6-10,16H,2-3,5,11-14H2,1H3,(H,23,26)(H,24,27). The maximum absolute atomic E-state index is 13.0. The second kappa shape index (κ2) is 9.39. The zero-order valence-corrected chi connectivity index (χ0v) is 16.0. The Kier molecular flexibility index (Phi) is 6.68. The minimum absolute atomic E-state index is 0.0121. The monoisotopic (exact) mass is 387 g/mol. The van der Waals surface area contributed by atoms with Crippen molar-refractivity contribution < 1.29 is 18.4 Å². The molecule has 2 N–H and O–H groups in total. The molecule has 150 valence electrons. The molecule has 3 rings (SSSR count). The average Bonchev–Trinajstić information content (AvgIpc) is 3.12. The summed E-state index contributed by atoms with van der Waals surface area (Å²) < 4.78 is 18.4. The highest BCUT2D eigenvalue weighted by Crippen LogP contribution is 2.22. The van der Waals surface area contributed by atoms with Gasteiger partial charge in [0.15, 0.2) is 0 Å². The van der Waals surface area contributed by atoms with Gasteiger partial charge >= 0.3 is 6.03 Å². The molecule has 2 aromatic rings. The highest BCUT2D eigenvalue weighted by atomic mass is 19.1. The quantitative estimate of drug-likeness (QED) is 0.785. The number of nitrogens with zero attached hydrogens (tertiary/aromatic N) is 1. The van der Waals surface area contributed by atoms with E-state index in [4.69, 9.17) is 4.42 Å². The zero-order chi connectivity index (χ0) is 19.9. The minimum Gasteiger partial charge on any atom is -0.465 e. The number of hydrogen-bond donors (Lipinski definition) is 2. The molecule has 1 aromatic carbocycles. The highest BCUT2D eigenvalue weighted by molar-refractivity contribution is 5.89. The molecule has 1 unspecified atom stereocenters. The summed E-state index contributed by atoms with van der Waals surface area (Å²) in [5.74, 6) is 1.51. The van der Waals surface area contributed by atoms with Crippen LogP contribution in [0, 0.1) is 18.7 Å². The van der Waals surface area contributed by atoms with Gasteiger partial charge in [0.05, 0.1) is 6.54 Å². The van der Waals surface area contributed by atoms with Crippen molar-refractivity contribution in [1.82, 2.24) is 10.2 Å². The number of amides is 3. The first-order valence-corrected chi connectivity index (χ1v) is 9.63. The van der Waals surface area contributed by atoms with Crippen molar-refractivity contribution in [3.8, 4) is 0 Å². The first-order chi connectivity index (χ1) is 13.5. The Bertz CT molecular complexity index is 803. The summed E-state index contributed by atoms with van der Waals surface area (Å²) in [6.07, 6.45) is 3.08. The van der Waals surface area contributed by atoms with Gasteiger partial charge in [-0.3, -0.25) is 4.79 Å². The normalized spacial score (nSPS) is 16.6. The predicted molar refractivity (Wildman–Crippen MR) is 104 cm³/mol. The van der Waals surface area contributed by atoms with Crippen molar-refractivity contribution in [1.29, 1.82) is 0 Å². The zero-order valence-electron chi connectivity index (χ0n) is 16.0. The number of aryl methyl sites for hydroxylation is 1. The van der Waals surface area contributed by atoms with Crippen LogP contribution in [0.2, 0.25) is 0 Å². The summed E-state index contributed by atoms with van der Waals surface area (Å²) >= 11 is 0. The van der Waals surface area contributed by atoms with Gasteiger partial charge in [0.2, 0.25) is 5.91 Å². The van der Waals surface area contributed by atoms with Crippen LogP contribution >= 0.6 is 0 Å². The predicted octanol–water partition coefficient (Wildman–Crippen LogP) is 4.07. The van der Waals surface area contributed by atoms with Gasteiger partial charge in [0.25, 0.3) is 0 Å². The minimum atomic E-state index is -0.337. The third-order valence-corrected chi connectivity index (χ3v) is 4.94. The van der Waals surface area contributed by atoms with E-state index in [1.807, 2.05) is 19.1 Å². The number of piperidine rings is 1. The summed E-state index contributed by atoms with van der Waals surface area (Å²) in [4.78, 5) is 26.3. The van der Waals surface area contributed by atoms with E-state index in [2.05, 4.69) is 10.6 Å². The van der Waals surface area contributed by atoms with Crippen LogP contribution < -0.4 is 10.6 Å². The number of halogens is 1. The summed E-state index contributed by atoms with van der Waals surface area (Å²) in [6, 6.07) is 9.26. The number of nitrogens with one attached hydrogen (secondary N) is 2. The SMILES string of the molecule is Cc1ccc(CNC(=O)CCC2CCCN(C(=O)Nc3ccc(F)cc3)C2)o1. The topological polar surface area (TPSA) is 74.6 Å². The third kappa shape index (κ3) is 5.84. The number of urea groups is 1. The summed E-state index contributed by atoms with van der Waals surface area (Å²) in [7, 11) is 0. The molecule has 1 aliphatic heterocycles. The van der Waals surface area contributed by atoms with E-state index in [1.165, 1.54) is 12.1 Å². The van der Waals surface area contributed by atoms with Gasteiger partial charge in [-0.05, 0) is 68.5 Å². The Labute approximate surface area is 164 Å². The summed E-state index contributed by atoms with van der Waals surface area (Å²) in [5, 5.41) is 5.66. The number of benzene rings is 1. The van der Waals surface area contributed by atoms with E-state index in [1.54, 1.807) is 17.0 Å². The molecule has 7 heteroatoms. The van der Waals surface area contributed by atoms with Gasteiger partial charge in [-0.1, -0.05) is 0 Å². The number of carbonyl (C=O) groups excluding carboxylic acids is 2. The molecule has 1 aliphatic rings. The van der Waals surface area contributed by atoms with Crippen LogP contribution in [-0.2, 0) is 11.3 Å². The lowest BCUT2D eigenvalue weighted by atomic mass is 9.93. The lowest BCUT2D eigenvalue weighted by Crippen LogP contribution is -2.42.